The largest absolute Gasteiger partial charge is 0.298 e. The molecule has 1 atom stereocenters. The second kappa shape index (κ2) is 6.28. The number of halogens is 1. The topological polar surface area (TPSA) is 30.0 Å². The molecule has 15 heavy (non-hydrogen) atoms. The highest BCUT2D eigenvalue weighted by Crippen LogP contribution is 2.19. The van der Waals surface area contributed by atoms with Gasteiger partial charge < -0.3 is 0 Å². The van der Waals surface area contributed by atoms with Gasteiger partial charge in [-0.15, -0.1) is 0 Å². The van der Waals surface area contributed by atoms with Crippen LogP contribution in [0.25, 0.3) is 0 Å². The lowest BCUT2D eigenvalue weighted by atomic mass is 10.1. The molecule has 1 rings (SSSR count). The van der Waals surface area contributed by atoms with Crippen LogP contribution in [-0.4, -0.2) is 16.5 Å². The molecular weight excluding hydrogens is 274 g/mol. The van der Waals surface area contributed by atoms with Crippen LogP contribution in [0.1, 0.15) is 20.3 Å². The number of nitrogens with zero attached hydrogens (tertiary/aromatic N) is 1. The monoisotopic (exact) mass is 287 g/mol. The van der Waals surface area contributed by atoms with Gasteiger partial charge >= 0.3 is 0 Å². The third-order valence-corrected chi connectivity index (χ3v) is 3.66. The van der Waals surface area contributed by atoms with Crippen LogP contribution in [0.5, 0.6) is 0 Å². The molecule has 0 N–H and O–H groups in total. The number of rotatable bonds is 5. The fourth-order valence-corrected chi connectivity index (χ4v) is 2.06. The van der Waals surface area contributed by atoms with Crippen molar-refractivity contribution in [1.82, 2.24) is 4.98 Å². The Kier molecular flexibility index (Phi) is 5.32. The molecule has 0 spiro atoms. The average molecular weight is 288 g/mol. The molecule has 1 aromatic heterocycles. The lowest BCUT2D eigenvalue weighted by Crippen LogP contribution is -2.12. The fourth-order valence-electron chi connectivity index (χ4n) is 0.963. The van der Waals surface area contributed by atoms with Crippen LogP contribution in [0.2, 0.25) is 0 Å². The number of pyridine rings is 1. The number of aromatic nitrogens is 1. The van der Waals surface area contributed by atoms with Gasteiger partial charge in [0.25, 0.3) is 0 Å². The van der Waals surface area contributed by atoms with Crippen molar-refractivity contribution in [2.75, 3.05) is 5.75 Å². The van der Waals surface area contributed by atoms with Crippen LogP contribution in [0.4, 0.5) is 0 Å². The van der Waals surface area contributed by atoms with E-state index in [0.717, 1.165) is 15.9 Å². The fraction of sp³-hybridized carbons (Fsp3) is 0.455. The molecular formula is C11H14BrNOS. The minimum absolute atomic E-state index is 0.160. The van der Waals surface area contributed by atoms with E-state index in [0.29, 0.717) is 11.5 Å². The number of Topliss-reactive ketones (excluding diaryl/α,β-unsaturated/α-hetero) is 1. The second-order valence-electron chi connectivity index (χ2n) is 3.38. The maximum absolute atomic E-state index is 11.6. The Morgan fingerprint density at radius 1 is 1.60 bits per heavy atom. The second-order valence-corrected chi connectivity index (χ2v) is 5.29. The van der Waals surface area contributed by atoms with Crippen molar-refractivity contribution in [2.24, 2.45) is 5.92 Å². The SMILES string of the molecule is CCC(C)C(=O)CSc1ccc(Br)cn1. The molecule has 0 radical (unpaired) electrons. The summed E-state index contributed by atoms with van der Waals surface area (Å²) in [6.07, 6.45) is 2.66. The van der Waals surface area contributed by atoms with Gasteiger partial charge in [-0.25, -0.2) is 4.98 Å². The third-order valence-electron chi connectivity index (χ3n) is 2.22. The van der Waals surface area contributed by atoms with E-state index in [9.17, 15) is 4.79 Å². The summed E-state index contributed by atoms with van der Waals surface area (Å²) in [5, 5.41) is 0.898. The van der Waals surface area contributed by atoms with Crippen molar-refractivity contribution in [3.05, 3.63) is 22.8 Å². The first-order valence-electron chi connectivity index (χ1n) is 4.90. The van der Waals surface area contributed by atoms with E-state index in [4.69, 9.17) is 0 Å². The van der Waals surface area contributed by atoms with Gasteiger partial charge in [-0.1, -0.05) is 25.6 Å². The number of carbonyl (C=O) groups is 1. The van der Waals surface area contributed by atoms with Gasteiger partial charge in [0, 0.05) is 16.6 Å². The van der Waals surface area contributed by atoms with Crippen molar-refractivity contribution in [2.45, 2.75) is 25.3 Å². The number of hydrogen-bond donors (Lipinski definition) is 0. The van der Waals surface area contributed by atoms with E-state index in [2.05, 4.69) is 20.9 Å². The normalized spacial score (nSPS) is 12.5. The van der Waals surface area contributed by atoms with Crippen LogP contribution in [0.15, 0.2) is 27.8 Å². The standard InChI is InChI=1S/C11H14BrNOS/c1-3-8(2)10(14)7-15-11-5-4-9(12)6-13-11/h4-6,8H,3,7H2,1-2H3. The summed E-state index contributed by atoms with van der Waals surface area (Å²) in [4.78, 5) is 15.8. The van der Waals surface area contributed by atoms with Crippen LogP contribution in [0, 0.1) is 5.92 Å². The molecule has 1 aromatic rings. The Labute approximate surface area is 103 Å². The zero-order chi connectivity index (χ0) is 11.3. The molecule has 0 aliphatic heterocycles. The molecule has 0 saturated carbocycles. The smallest absolute Gasteiger partial charge is 0.145 e. The number of ketones is 1. The van der Waals surface area contributed by atoms with Gasteiger partial charge in [-0.2, -0.15) is 0 Å². The predicted octanol–water partition coefficient (Wildman–Crippen LogP) is 3.55. The molecule has 2 nitrogen and oxygen atoms in total. The summed E-state index contributed by atoms with van der Waals surface area (Å²) < 4.78 is 0.958. The summed E-state index contributed by atoms with van der Waals surface area (Å²) >= 11 is 4.82. The van der Waals surface area contributed by atoms with Crippen LogP contribution < -0.4 is 0 Å². The van der Waals surface area contributed by atoms with Crippen molar-refractivity contribution in [3.8, 4) is 0 Å². The lowest BCUT2D eigenvalue weighted by molar-refractivity contribution is -0.119. The molecule has 0 saturated heterocycles. The van der Waals surface area contributed by atoms with Crippen molar-refractivity contribution >= 4 is 33.5 Å². The van der Waals surface area contributed by atoms with E-state index in [1.54, 1.807) is 6.20 Å². The quantitative estimate of drug-likeness (QED) is 0.776. The highest BCUT2D eigenvalue weighted by atomic mass is 79.9. The average Bonchev–Trinajstić information content (AvgIpc) is 2.26. The van der Waals surface area contributed by atoms with Gasteiger partial charge in [-0.05, 0) is 34.5 Å². The van der Waals surface area contributed by atoms with Crippen LogP contribution in [-0.2, 0) is 4.79 Å². The zero-order valence-corrected chi connectivity index (χ0v) is 11.3. The lowest BCUT2D eigenvalue weighted by Gasteiger charge is -2.06. The minimum atomic E-state index is 0.160. The Morgan fingerprint density at radius 3 is 2.87 bits per heavy atom. The Morgan fingerprint density at radius 2 is 2.33 bits per heavy atom. The molecule has 0 aliphatic rings. The van der Waals surface area contributed by atoms with Crippen molar-refractivity contribution in [3.63, 3.8) is 0 Å². The Bertz CT molecular complexity index is 326. The minimum Gasteiger partial charge on any atom is -0.298 e. The van der Waals surface area contributed by atoms with Crippen LogP contribution in [0.3, 0.4) is 0 Å². The first-order valence-corrected chi connectivity index (χ1v) is 6.68. The number of thioether (sulfide) groups is 1. The molecule has 1 heterocycles. The molecule has 0 aromatic carbocycles. The van der Waals surface area contributed by atoms with Gasteiger partial charge in [0.05, 0.1) is 10.8 Å². The maximum atomic E-state index is 11.6. The van der Waals surface area contributed by atoms with Gasteiger partial charge in [0.2, 0.25) is 0 Å². The summed E-state index contributed by atoms with van der Waals surface area (Å²) in [6, 6.07) is 3.85. The zero-order valence-electron chi connectivity index (χ0n) is 8.87. The van der Waals surface area contributed by atoms with E-state index in [-0.39, 0.29) is 5.92 Å². The number of carbonyl (C=O) groups excluding carboxylic acids is 1. The number of hydrogen-bond acceptors (Lipinski definition) is 3. The van der Waals surface area contributed by atoms with Crippen molar-refractivity contribution < 1.29 is 4.79 Å². The molecule has 0 aliphatic carbocycles. The van der Waals surface area contributed by atoms with Gasteiger partial charge in [0.15, 0.2) is 0 Å². The molecule has 0 fully saturated rings. The highest BCUT2D eigenvalue weighted by Gasteiger charge is 2.10. The first kappa shape index (κ1) is 12.7. The molecule has 0 amide bonds. The highest BCUT2D eigenvalue weighted by molar-refractivity contribution is 9.10. The first-order chi connectivity index (χ1) is 7.13. The molecule has 4 heteroatoms. The Hall–Kier alpha value is -0.350. The third kappa shape index (κ3) is 4.34. The maximum Gasteiger partial charge on any atom is 0.145 e. The summed E-state index contributed by atoms with van der Waals surface area (Å²) in [6.45, 7) is 4.00. The molecule has 1 unspecified atom stereocenters. The van der Waals surface area contributed by atoms with E-state index >= 15 is 0 Å². The Balaban J connectivity index is 2.43. The molecule has 82 valence electrons. The van der Waals surface area contributed by atoms with Gasteiger partial charge in [0.1, 0.15) is 5.78 Å². The molecule has 0 bridgehead atoms. The van der Waals surface area contributed by atoms with E-state index < -0.39 is 0 Å². The summed E-state index contributed by atoms with van der Waals surface area (Å²) in [7, 11) is 0. The summed E-state index contributed by atoms with van der Waals surface area (Å²) in [5.74, 6) is 0.976. The van der Waals surface area contributed by atoms with Gasteiger partial charge in [-0.3, -0.25) is 4.79 Å². The van der Waals surface area contributed by atoms with E-state index in [1.807, 2.05) is 26.0 Å². The summed E-state index contributed by atoms with van der Waals surface area (Å²) in [5.41, 5.74) is 0. The predicted molar refractivity (Wildman–Crippen MR) is 67.1 cm³/mol. The van der Waals surface area contributed by atoms with Crippen molar-refractivity contribution in [1.29, 1.82) is 0 Å². The van der Waals surface area contributed by atoms with E-state index in [1.165, 1.54) is 11.8 Å². The van der Waals surface area contributed by atoms with Crippen LogP contribution >= 0.6 is 27.7 Å².